The van der Waals surface area contributed by atoms with E-state index in [2.05, 4.69) is 14.9 Å². The molecule has 3 heterocycles. The molecule has 0 N–H and O–H groups in total. The molecule has 0 aliphatic heterocycles. The number of aryl methyl sites for hydroxylation is 2. The average molecular weight is 373 g/mol. The minimum atomic E-state index is -0.472. The Morgan fingerprint density at radius 3 is 2.85 bits per heavy atom. The topological polar surface area (TPSA) is 112 Å². The van der Waals surface area contributed by atoms with Gasteiger partial charge in [-0.15, -0.1) is 0 Å². The lowest BCUT2D eigenvalue weighted by Crippen LogP contribution is -2.26. The second kappa shape index (κ2) is 7.90. The number of hydrogen-bond donors (Lipinski definition) is 0. The second-order valence-electron chi connectivity index (χ2n) is 5.91. The molecule has 0 aromatic carbocycles. The molecule has 0 bridgehead atoms. The van der Waals surface area contributed by atoms with Crippen LogP contribution in [0.2, 0.25) is 0 Å². The van der Waals surface area contributed by atoms with Gasteiger partial charge in [0.1, 0.15) is 17.1 Å². The van der Waals surface area contributed by atoms with Gasteiger partial charge in [0, 0.05) is 19.9 Å². The number of carbonyl (C=O) groups is 2. The van der Waals surface area contributed by atoms with Crippen LogP contribution in [0.5, 0.6) is 0 Å². The Morgan fingerprint density at radius 1 is 1.33 bits per heavy atom. The van der Waals surface area contributed by atoms with Crippen molar-refractivity contribution in [1.29, 1.82) is 0 Å². The Hall–Kier alpha value is -3.36. The fourth-order valence-corrected chi connectivity index (χ4v) is 2.52. The summed E-state index contributed by atoms with van der Waals surface area (Å²) in [6, 6.07) is 5.03. The molecule has 27 heavy (non-hydrogen) atoms. The van der Waals surface area contributed by atoms with Gasteiger partial charge >= 0.3 is 5.97 Å². The molecule has 0 saturated heterocycles. The van der Waals surface area contributed by atoms with Gasteiger partial charge < -0.3 is 23.0 Å². The van der Waals surface area contributed by atoms with Crippen LogP contribution in [0.25, 0.3) is 11.6 Å². The summed E-state index contributed by atoms with van der Waals surface area (Å²) in [5, 5.41) is 3.82. The molecule has 0 unspecified atom stereocenters. The third-order valence-electron chi connectivity index (χ3n) is 3.96. The van der Waals surface area contributed by atoms with Gasteiger partial charge in [0.2, 0.25) is 17.6 Å². The standard InChI is InChI=1S/C18H19N3O6/c1-11-13(18(23)24-3)9-12(26-11)10-21(2)16(22)7-6-15-19-17(20-27-15)14-5-4-8-25-14/h4-5,8-9H,6-7,10H2,1-3H3. The van der Waals surface area contributed by atoms with Crippen LogP contribution in [0.1, 0.15) is 34.2 Å². The van der Waals surface area contributed by atoms with Crippen LogP contribution in [-0.4, -0.2) is 41.1 Å². The van der Waals surface area contributed by atoms with Crippen molar-refractivity contribution in [2.75, 3.05) is 14.2 Å². The van der Waals surface area contributed by atoms with Crippen molar-refractivity contribution in [1.82, 2.24) is 15.0 Å². The number of esters is 1. The number of hydrogen-bond acceptors (Lipinski definition) is 8. The highest BCUT2D eigenvalue weighted by Crippen LogP contribution is 2.18. The Bertz CT molecular complexity index is 925. The Labute approximate surface area is 154 Å². The fourth-order valence-electron chi connectivity index (χ4n) is 2.52. The van der Waals surface area contributed by atoms with E-state index in [4.69, 9.17) is 13.4 Å². The molecule has 0 radical (unpaired) electrons. The summed E-state index contributed by atoms with van der Waals surface area (Å²) in [5.74, 6) is 1.56. The normalized spacial score (nSPS) is 10.8. The van der Waals surface area contributed by atoms with Gasteiger partial charge in [0.25, 0.3) is 0 Å². The molecule has 0 atom stereocenters. The second-order valence-corrected chi connectivity index (χ2v) is 5.91. The average Bonchev–Trinajstić information content (AvgIpc) is 3.39. The first-order valence-electron chi connectivity index (χ1n) is 8.26. The molecule has 0 aliphatic carbocycles. The zero-order valence-corrected chi connectivity index (χ0v) is 15.2. The maximum Gasteiger partial charge on any atom is 0.341 e. The number of rotatable bonds is 7. The van der Waals surface area contributed by atoms with Crippen LogP contribution in [0.3, 0.4) is 0 Å². The number of nitrogens with zero attached hydrogens (tertiary/aromatic N) is 3. The van der Waals surface area contributed by atoms with E-state index in [0.29, 0.717) is 41.0 Å². The van der Waals surface area contributed by atoms with Crippen molar-refractivity contribution in [3.63, 3.8) is 0 Å². The Morgan fingerprint density at radius 2 is 2.15 bits per heavy atom. The molecule has 142 valence electrons. The maximum absolute atomic E-state index is 12.3. The summed E-state index contributed by atoms with van der Waals surface area (Å²) in [5.41, 5.74) is 0.352. The van der Waals surface area contributed by atoms with Gasteiger partial charge in [-0.1, -0.05) is 5.16 Å². The van der Waals surface area contributed by atoms with E-state index in [9.17, 15) is 9.59 Å². The lowest BCUT2D eigenvalue weighted by atomic mass is 10.2. The van der Waals surface area contributed by atoms with Crippen molar-refractivity contribution in [2.24, 2.45) is 0 Å². The molecule has 0 saturated carbocycles. The zero-order chi connectivity index (χ0) is 19.4. The summed E-state index contributed by atoms with van der Waals surface area (Å²) >= 11 is 0. The van der Waals surface area contributed by atoms with Crippen LogP contribution >= 0.6 is 0 Å². The van der Waals surface area contributed by atoms with Crippen molar-refractivity contribution in [3.05, 3.63) is 47.4 Å². The van der Waals surface area contributed by atoms with Crippen LogP contribution in [0, 0.1) is 6.92 Å². The first-order valence-corrected chi connectivity index (χ1v) is 8.26. The summed E-state index contributed by atoms with van der Waals surface area (Å²) in [6.45, 7) is 1.90. The molecule has 3 rings (SSSR count). The van der Waals surface area contributed by atoms with E-state index in [1.807, 2.05) is 0 Å². The van der Waals surface area contributed by atoms with Crippen molar-refractivity contribution in [3.8, 4) is 11.6 Å². The number of aromatic nitrogens is 2. The van der Waals surface area contributed by atoms with Gasteiger partial charge in [-0.05, 0) is 25.1 Å². The number of methoxy groups -OCH3 is 1. The van der Waals surface area contributed by atoms with E-state index >= 15 is 0 Å². The summed E-state index contributed by atoms with van der Waals surface area (Å²) in [4.78, 5) is 29.6. The quantitative estimate of drug-likeness (QED) is 0.581. The summed E-state index contributed by atoms with van der Waals surface area (Å²) in [7, 11) is 2.96. The van der Waals surface area contributed by atoms with Gasteiger partial charge in [-0.25, -0.2) is 4.79 Å². The summed E-state index contributed by atoms with van der Waals surface area (Å²) in [6.07, 6.45) is 2.02. The predicted molar refractivity (Wildman–Crippen MR) is 91.6 cm³/mol. The predicted octanol–water partition coefficient (Wildman–Crippen LogP) is 2.61. The largest absolute Gasteiger partial charge is 0.465 e. The van der Waals surface area contributed by atoms with Crippen molar-refractivity contribution >= 4 is 11.9 Å². The summed E-state index contributed by atoms with van der Waals surface area (Å²) < 4.78 is 20.5. The molecule has 3 aromatic heterocycles. The molecule has 0 spiro atoms. The van der Waals surface area contributed by atoms with Crippen LogP contribution < -0.4 is 0 Å². The Kier molecular flexibility index (Phi) is 5.39. The number of furan rings is 2. The lowest BCUT2D eigenvalue weighted by Gasteiger charge is -2.14. The van der Waals surface area contributed by atoms with Crippen LogP contribution in [-0.2, 0) is 22.5 Å². The van der Waals surface area contributed by atoms with Crippen LogP contribution in [0.15, 0.2) is 37.8 Å². The van der Waals surface area contributed by atoms with Crippen molar-refractivity contribution in [2.45, 2.75) is 26.3 Å². The minimum absolute atomic E-state index is 0.124. The van der Waals surface area contributed by atoms with E-state index < -0.39 is 5.97 Å². The number of amides is 1. The number of ether oxygens (including phenoxy) is 1. The highest BCUT2D eigenvalue weighted by atomic mass is 16.5. The van der Waals surface area contributed by atoms with E-state index in [0.717, 1.165) is 0 Å². The molecule has 9 heteroatoms. The van der Waals surface area contributed by atoms with Gasteiger partial charge in [0.05, 0.1) is 19.9 Å². The fraction of sp³-hybridized carbons (Fsp3) is 0.333. The van der Waals surface area contributed by atoms with Gasteiger partial charge in [-0.2, -0.15) is 4.98 Å². The molecule has 1 amide bonds. The SMILES string of the molecule is COC(=O)c1cc(CN(C)C(=O)CCc2nc(-c3ccco3)no2)oc1C. The Balaban J connectivity index is 1.54. The van der Waals surface area contributed by atoms with Gasteiger partial charge in [0.15, 0.2) is 5.76 Å². The first kappa shape index (κ1) is 18.4. The molecular formula is C18H19N3O6. The van der Waals surface area contributed by atoms with Gasteiger partial charge in [-0.3, -0.25) is 4.79 Å². The molecule has 9 nitrogen and oxygen atoms in total. The lowest BCUT2D eigenvalue weighted by molar-refractivity contribution is -0.130. The van der Waals surface area contributed by atoms with Crippen LogP contribution in [0.4, 0.5) is 0 Å². The zero-order valence-electron chi connectivity index (χ0n) is 15.2. The minimum Gasteiger partial charge on any atom is -0.465 e. The molecular weight excluding hydrogens is 354 g/mol. The highest BCUT2D eigenvalue weighted by Gasteiger charge is 2.19. The number of carbonyl (C=O) groups excluding carboxylic acids is 2. The smallest absolute Gasteiger partial charge is 0.341 e. The first-order chi connectivity index (χ1) is 13.0. The van der Waals surface area contributed by atoms with E-state index in [1.54, 1.807) is 32.2 Å². The van der Waals surface area contributed by atoms with Crippen molar-refractivity contribution < 1.29 is 27.7 Å². The maximum atomic E-state index is 12.3. The third kappa shape index (κ3) is 4.25. The molecule has 0 fully saturated rings. The third-order valence-corrected chi connectivity index (χ3v) is 3.96. The molecule has 0 aliphatic rings. The molecule has 3 aromatic rings. The monoisotopic (exact) mass is 373 g/mol. The van der Waals surface area contributed by atoms with E-state index in [-0.39, 0.29) is 18.9 Å². The van der Waals surface area contributed by atoms with E-state index in [1.165, 1.54) is 18.3 Å². The highest BCUT2D eigenvalue weighted by molar-refractivity contribution is 5.90.